The standard InChI is InChI=1S/C25H26FN7/c26-23-9-5-4-8-22(23)24(25-28-29-30-33(25)19-20-6-2-1-3-7-20)32-16-14-31(15-17-32)18-21-10-12-27-13-11-21/h1-13,24H,14-19H2/t24-/m1/s1. The fourth-order valence-corrected chi connectivity index (χ4v) is 4.40. The van der Waals surface area contributed by atoms with Crippen LogP contribution in [0.25, 0.3) is 0 Å². The molecule has 1 atom stereocenters. The first-order valence-corrected chi connectivity index (χ1v) is 11.2. The van der Waals surface area contributed by atoms with Gasteiger partial charge in [-0.1, -0.05) is 48.5 Å². The lowest BCUT2D eigenvalue weighted by Gasteiger charge is -2.39. The number of benzene rings is 2. The fourth-order valence-electron chi connectivity index (χ4n) is 4.40. The third kappa shape index (κ3) is 4.97. The van der Waals surface area contributed by atoms with Crippen molar-refractivity contribution in [3.05, 3.63) is 107 Å². The zero-order chi connectivity index (χ0) is 22.5. The Morgan fingerprint density at radius 1 is 0.788 bits per heavy atom. The van der Waals surface area contributed by atoms with Crippen LogP contribution in [0.4, 0.5) is 4.39 Å². The van der Waals surface area contributed by atoms with Crippen molar-refractivity contribution in [3.8, 4) is 0 Å². The lowest BCUT2D eigenvalue weighted by molar-refractivity contribution is 0.0990. The van der Waals surface area contributed by atoms with Crippen LogP contribution in [0.3, 0.4) is 0 Å². The van der Waals surface area contributed by atoms with E-state index in [0.29, 0.717) is 17.9 Å². The predicted molar refractivity (Wildman–Crippen MR) is 123 cm³/mol. The van der Waals surface area contributed by atoms with Crippen molar-refractivity contribution >= 4 is 0 Å². The van der Waals surface area contributed by atoms with Gasteiger partial charge in [-0.2, -0.15) is 0 Å². The molecule has 7 nitrogen and oxygen atoms in total. The van der Waals surface area contributed by atoms with Gasteiger partial charge in [0.05, 0.1) is 6.54 Å². The zero-order valence-electron chi connectivity index (χ0n) is 18.3. The molecular formula is C25H26FN7. The number of halogens is 1. The van der Waals surface area contributed by atoms with Gasteiger partial charge < -0.3 is 0 Å². The maximum Gasteiger partial charge on any atom is 0.173 e. The predicted octanol–water partition coefficient (Wildman–Crippen LogP) is 3.16. The van der Waals surface area contributed by atoms with Crippen molar-refractivity contribution in [1.29, 1.82) is 0 Å². The smallest absolute Gasteiger partial charge is 0.173 e. The molecule has 4 aromatic rings. The van der Waals surface area contributed by atoms with E-state index in [1.807, 2.05) is 67.0 Å². The summed E-state index contributed by atoms with van der Waals surface area (Å²) in [5.41, 5.74) is 2.95. The van der Waals surface area contributed by atoms with E-state index in [1.165, 1.54) is 11.6 Å². The Labute approximate surface area is 192 Å². The normalized spacial score (nSPS) is 16.0. The van der Waals surface area contributed by atoms with Gasteiger partial charge in [0.25, 0.3) is 0 Å². The molecule has 8 heteroatoms. The number of hydrogen-bond donors (Lipinski definition) is 0. The Balaban J connectivity index is 1.39. The lowest BCUT2D eigenvalue weighted by atomic mass is 10.0. The lowest BCUT2D eigenvalue weighted by Crippen LogP contribution is -2.48. The van der Waals surface area contributed by atoms with Crippen molar-refractivity contribution in [2.24, 2.45) is 0 Å². The van der Waals surface area contributed by atoms with Crippen LogP contribution < -0.4 is 0 Å². The summed E-state index contributed by atoms with van der Waals surface area (Å²) in [6.45, 7) is 4.77. The highest BCUT2D eigenvalue weighted by atomic mass is 19.1. The first kappa shape index (κ1) is 21.4. The maximum absolute atomic E-state index is 15.0. The van der Waals surface area contributed by atoms with Gasteiger partial charge in [0.15, 0.2) is 5.82 Å². The van der Waals surface area contributed by atoms with Crippen molar-refractivity contribution in [2.45, 2.75) is 19.1 Å². The van der Waals surface area contributed by atoms with Crippen LogP contribution in [-0.4, -0.2) is 61.2 Å². The largest absolute Gasteiger partial charge is 0.297 e. The molecule has 0 N–H and O–H groups in total. The molecule has 3 heterocycles. The Bertz CT molecular complexity index is 1160. The number of hydrogen-bond acceptors (Lipinski definition) is 6. The second kappa shape index (κ2) is 9.97. The summed E-state index contributed by atoms with van der Waals surface area (Å²) >= 11 is 0. The van der Waals surface area contributed by atoms with Gasteiger partial charge in [0.1, 0.15) is 11.9 Å². The quantitative estimate of drug-likeness (QED) is 0.437. The molecule has 168 valence electrons. The van der Waals surface area contributed by atoms with E-state index in [2.05, 4.69) is 30.3 Å². The fraction of sp³-hybridized carbons (Fsp3) is 0.280. The summed E-state index contributed by atoms with van der Waals surface area (Å²) in [4.78, 5) is 8.80. The van der Waals surface area contributed by atoms with Crippen molar-refractivity contribution in [2.75, 3.05) is 26.2 Å². The topological polar surface area (TPSA) is 63.0 Å². The number of rotatable bonds is 7. The summed E-state index contributed by atoms with van der Waals surface area (Å²) in [7, 11) is 0. The summed E-state index contributed by atoms with van der Waals surface area (Å²) in [6.07, 6.45) is 3.65. The minimum Gasteiger partial charge on any atom is -0.297 e. The molecule has 0 radical (unpaired) electrons. The summed E-state index contributed by atoms with van der Waals surface area (Å²) in [5, 5.41) is 12.6. The van der Waals surface area contributed by atoms with Crippen LogP contribution in [0, 0.1) is 5.82 Å². The third-order valence-corrected chi connectivity index (χ3v) is 6.11. The molecule has 33 heavy (non-hydrogen) atoms. The van der Waals surface area contributed by atoms with E-state index >= 15 is 0 Å². The monoisotopic (exact) mass is 443 g/mol. The average Bonchev–Trinajstić information content (AvgIpc) is 3.30. The molecule has 1 aliphatic heterocycles. The van der Waals surface area contributed by atoms with E-state index < -0.39 is 0 Å². The maximum atomic E-state index is 15.0. The molecule has 0 unspecified atom stereocenters. The molecule has 0 spiro atoms. The van der Waals surface area contributed by atoms with Crippen molar-refractivity contribution in [3.63, 3.8) is 0 Å². The number of piperazine rings is 1. The van der Waals surface area contributed by atoms with E-state index in [-0.39, 0.29) is 11.9 Å². The van der Waals surface area contributed by atoms with Gasteiger partial charge >= 0.3 is 0 Å². The summed E-state index contributed by atoms with van der Waals surface area (Å²) < 4.78 is 16.8. The Kier molecular flexibility index (Phi) is 6.46. The van der Waals surface area contributed by atoms with Gasteiger partial charge in [-0.25, -0.2) is 9.07 Å². The molecule has 0 amide bonds. The Morgan fingerprint density at radius 2 is 1.48 bits per heavy atom. The van der Waals surface area contributed by atoms with Gasteiger partial charge in [-0.3, -0.25) is 14.8 Å². The highest BCUT2D eigenvalue weighted by molar-refractivity contribution is 5.27. The van der Waals surface area contributed by atoms with Crippen LogP contribution in [-0.2, 0) is 13.1 Å². The molecule has 0 saturated carbocycles. The third-order valence-electron chi connectivity index (χ3n) is 6.11. The second-order valence-electron chi connectivity index (χ2n) is 8.27. The molecule has 0 bridgehead atoms. The van der Waals surface area contributed by atoms with E-state index in [1.54, 1.807) is 10.7 Å². The number of pyridine rings is 1. The van der Waals surface area contributed by atoms with E-state index in [4.69, 9.17) is 0 Å². The van der Waals surface area contributed by atoms with Gasteiger partial charge in [0.2, 0.25) is 0 Å². The van der Waals surface area contributed by atoms with Crippen LogP contribution in [0.5, 0.6) is 0 Å². The van der Waals surface area contributed by atoms with Crippen LogP contribution in [0.1, 0.15) is 28.6 Å². The zero-order valence-corrected chi connectivity index (χ0v) is 18.3. The van der Waals surface area contributed by atoms with Gasteiger partial charge in [0, 0.05) is 50.7 Å². The summed E-state index contributed by atoms with van der Waals surface area (Å²) in [5.74, 6) is 0.419. The molecule has 1 saturated heterocycles. The summed E-state index contributed by atoms with van der Waals surface area (Å²) in [6, 6.07) is 20.7. The first-order valence-electron chi connectivity index (χ1n) is 11.2. The molecular weight excluding hydrogens is 417 g/mol. The molecule has 0 aliphatic carbocycles. The SMILES string of the molecule is Fc1ccccc1[C@H](c1nnnn1Cc1ccccc1)N1CCN(Cc2ccncc2)CC1. The minimum absolute atomic E-state index is 0.240. The highest BCUT2D eigenvalue weighted by Crippen LogP contribution is 2.30. The molecule has 5 rings (SSSR count). The van der Waals surface area contributed by atoms with Crippen molar-refractivity contribution in [1.82, 2.24) is 35.0 Å². The molecule has 2 aromatic carbocycles. The Hall–Kier alpha value is -3.49. The Morgan fingerprint density at radius 3 is 2.24 bits per heavy atom. The second-order valence-corrected chi connectivity index (χ2v) is 8.27. The van der Waals surface area contributed by atoms with Crippen LogP contribution >= 0.6 is 0 Å². The minimum atomic E-state index is -0.354. The van der Waals surface area contributed by atoms with Crippen LogP contribution in [0.15, 0.2) is 79.1 Å². The highest BCUT2D eigenvalue weighted by Gasteiger charge is 2.32. The molecule has 2 aromatic heterocycles. The van der Waals surface area contributed by atoms with Gasteiger partial charge in [-0.15, -0.1) is 5.10 Å². The number of tetrazole rings is 1. The van der Waals surface area contributed by atoms with E-state index in [9.17, 15) is 4.39 Å². The molecule has 1 aliphatic rings. The average molecular weight is 444 g/mol. The van der Waals surface area contributed by atoms with Crippen molar-refractivity contribution < 1.29 is 4.39 Å². The number of nitrogens with zero attached hydrogens (tertiary/aromatic N) is 7. The first-order chi connectivity index (χ1) is 16.3. The molecule has 1 fully saturated rings. The van der Waals surface area contributed by atoms with Gasteiger partial charge in [-0.05, 0) is 39.8 Å². The van der Waals surface area contributed by atoms with E-state index in [0.717, 1.165) is 38.3 Å². The number of aromatic nitrogens is 5. The van der Waals surface area contributed by atoms with Crippen LogP contribution in [0.2, 0.25) is 0 Å².